The van der Waals surface area contributed by atoms with Crippen LogP contribution in [0, 0.1) is 0 Å². The summed E-state index contributed by atoms with van der Waals surface area (Å²) in [4.78, 5) is 23.3. The van der Waals surface area contributed by atoms with E-state index < -0.39 is 0 Å². The lowest BCUT2D eigenvalue weighted by Crippen LogP contribution is -2.24. The zero-order valence-electron chi connectivity index (χ0n) is 9.13. The van der Waals surface area contributed by atoms with Gasteiger partial charge in [0.05, 0.1) is 13.0 Å². The van der Waals surface area contributed by atoms with Gasteiger partial charge >= 0.3 is 0 Å². The Balaban J connectivity index is 2.52. The van der Waals surface area contributed by atoms with E-state index in [1.807, 2.05) is 30.3 Å². The molecule has 84 valence electrons. The Kier molecular flexibility index (Phi) is 4.99. The molecule has 16 heavy (non-hydrogen) atoms. The third-order valence-electron chi connectivity index (χ3n) is 2.18. The van der Waals surface area contributed by atoms with Gasteiger partial charge in [0.15, 0.2) is 5.78 Å². The number of aldehydes is 1. The minimum Gasteiger partial charge on any atom is -0.366 e. The van der Waals surface area contributed by atoms with Gasteiger partial charge in [0.1, 0.15) is 6.29 Å². The standard InChI is InChI=1S/C13H15NO2/c1-2-14(11-13(16)8-9-15)10-12-6-4-3-5-7-12/h2-7,9H,1,8,10-11H2. The first-order valence-corrected chi connectivity index (χ1v) is 5.12. The van der Waals surface area contributed by atoms with Gasteiger partial charge < -0.3 is 9.69 Å². The summed E-state index contributed by atoms with van der Waals surface area (Å²) in [5.74, 6) is -0.0918. The van der Waals surface area contributed by atoms with Crippen molar-refractivity contribution in [2.45, 2.75) is 13.0 Å². The van der Waals surface area contributed by atoms with E-state index in [9.17, 15) is 9.59 Å². The maximum Gasteiger partial charge on any atom is 0.159 e. The minimum atomic E-state index is -0.0918. The van der Waals surface area contributed by atoms with Gasteiger partial charge in [-0.3, -0.25) is 4.79 Å². The van der Waals surface area contributed by atoms with Gasteiger partial charge in [-0.15, -0.1) is 0 Å². The molecule has 1 aromatic rings. The largest absolute Gasteiger partial charge is 0.366 e. The fourth-order valence-corrected chi connectivity index (χ4v) is 1.39. The van der Waals surface area contributed by atoms with Crippen LogP contribution in [0.5, 0.6) is 0 Å². The molecule has 0 aliphatic rings. The van der Waals surface area contributed by atoms with Crippen molar-refractivity contribution in [3.63, 3.8) is 0 Å². The molecular weight excluding hydrogens is 202 g/mol. The predicted molar refractivity (Wildman–Crippen MR) is 62.7 cm³/mol. The Hall–Kier alpha value is -1.90. The van der Waals surface area contributed by atoms with E-state index in [-0.39, 0.29) is 18.7 Å². The number of Topliss-reactive ketones (excluding diaryl/α,β-unsaturated/α-hetero) is 1. The SMILES string of the molecule is C=CN(CC(=O)CC=O)Cc1ccccc1. The number of carbonyl (C=O) groups is 2. The lowest BCUT2D eigenvalue weighted by molar-refractivity contribution is -0.122. The second-order valence-corrected chi connectivity index (χ2v) is 3.48. The number of nitrogens with zero attached hydrogens (tertiary/aromatic N) is 1. The van der Waals surface area contributed by atoms with Crippen molar-refractivity contribution in [3.05, 3.63) is 48.7 Å². The Morgan fingerprint density at radius 2 is 2.00 bits per heavy atom. The van der Waals surface area contributed by atoms with Gasteiger partial charge in [-0.05, 0) is 11.8 Å². The van der Waals surface area contributed by atoms with Gasteiger partial charge in [-0.2, -0.15) is 0 Å². The van der Waals surface area contributed by atoms with Crippen LogP contribution in [0.4, 0.5) is 0 Å². The molecule has 0 spiro atoms. The number of benzene rings is 1. The van der Waals surface area contributed by atoms with Crippen LogP contribution < -0.4 is 0 Å². The van der Waals surface area contributed by atoms with Crippen molar-refractivity contribution in [1.29, 1.82) is 0 Å². The van der Waals surface area contributed by atoms with Crippen LogP contribution in [0.15, 0.2) is 43.1 Å². The Bertz CT molecular complexity index is 359. The van der Waals surface area contributed by atoms with Crippen LogP contribution in [-0.4, -0.2) is 23.5 Å². The molecule has 1 aromatic carbocycles. The maximum absolute atomic E-state index is 11.3. The van der Waals surface area contributed by atoms with Gasteiger partial charge in [0.2, 0.25) is 0 Å². The molecule has 0 fully saturated rings. The molecule has 0 atom stereocenters. The van der Waals surface area contributed by atoms with Gasteiger partial charge in [-0.25, -0.2) is 0 Å². The molecule has 0 amide bonds. The van der Waals surface area contributed by atoms with Crippen molar-refractivity contribution in [3.8, 4) is 0 Å². The number of hydrogen-bond donors (Lipinski definition) is 0. The summed E-state index contributed by atoms with van der Waals surface area (Å²) in [7, 11) is 0. The minimum absolute atomic E-state index is 0.0286. The smallest absolute Gasteiger partial charge is 0.159 e. The molecule has 0 heterocycles. The molecule has 0 saturated carbocycles. The molecule has 0 saturated heterocycles. The van der Waals surface area contributed by atoms with E-state index in [4.69, 9.17) is 0 Å². The topological polar surface area (TPSA) is 37.4 Å². The molecule has 0 radical (unpaired) electrons. The average molecular weight is 217 g/mol. The van der Waals surface area contributed by atoms with Gasteiger partial charge in [0.25, 0.3) is 0 Å². The first-order chi connectivity index (χ1) is 7.76. The van der Waals surface area contributed by atoms with E-state index in [2.05, 4.69) is 6.58 Å². The second-order valence-electron chi connectivity index (χ2n) is 3.48. The van der Waals surface area contributed by atoms with E-state index in [1.54, 1.807) is 11.1 Å². The third kappa shape index (κ3) is 4.09. The molecule has 3 heteroatoms. The molecule has 0 aliphatic heterocycles. The fraction of sp³-hybridized carbons (Fsp3) is 0.231. The highest BCUT2D eigenvalue weighted by molar-refractivity contribution is 5.91. The summed E-state index contributed by atoms with van der Waals surface area (Å²) >= 11 is 0. The first kappa shape index (κ1) is 12.2. The van der Waals surface area contributed by atoms with Crippen LogP contribution in [0.2, 0.25) is 0 Å². The van der Waals surface area contributed by atoms with E-state index >= 15 is 0 Å². The highest BCUT2D eigenvalue weighted by Gasteiger charge is 2.06. The zero-order valence-corrected chi connectivity index (χ0v) is 9.13. The number of rotatable bonds is 7. The summed E-state index contributed by atoms with van der Waals surface area (Å²) < 4.78 is 0. The molecule has 0 aliphatic carbocycles. The normalized spacial score (nSPS) is 9.50. The molecule has 0 bridgehead atoms. The van der Waals surface area contributed by atoms with E-state index in [0.717, 1.165) is 5.56 Å². The quantitative estimate of drug-likeness (QED) is 0.516. The monoisotopic (exact) mass is 217 g/mol. The molecule has 0 aromatic heterocycles. The van der Waals surface area contributed by atoms with Crippen LogP contribution in [0.3, 0.4) is 0 Å². The first-order valence-electron chi connectivity index (χ1n) is 5.12. The molecule has 3 nitrogen and oxygen atoms in total. The Labute approximate surface area is 95.4 Å². The maximum atomic E-state index is 11.3. The summed E-state index contributed by atoms with van der Waals surface area (Å²) in [6, 6.07) is 9.81. The second kappa shape index (κ2) is 6.56. The highest BCUT2D eigenvalue weighted by Crippen LogP contribution is 2.04. The van der Waals surface area contributed by atoms with Crippen molar-refractivity contribution in [2.24, 2.45) is 0 Å². The average Bonchev–Trinajstić information content (AvgIpc) is 2.30. The lowest BCUT2D eigenvalue weighted by atomic mass is 10.2. The molecule has 0 N–H and O–H groups in total. The molecular formula is C13H15NO2. The number of carbonyl (C=O) groups excluding carboxylic acids is 2. The zero-order chi connectivity index (χ0) is 11.8. The Morgan fingerprint density at radius 1 is 1.31 bits per heavy atom. The summed E-state index contributed by atoms with van der Waals surface area (Å²) in [5, 5.41) is 0. The summed E-state index contributed by atoms with van der Waals surface area (Å²) in [6.45, 7) is 4.52. The third-order valence-corrected chi connectivity index (χ3v) is 2.18. The fourth-order valence-electron chi connectivity index (χ4n) is 1.39. The number of hydrogen-bond acceptors (Lipinski definition) is 3. The van der Waals surface area contributed by atoms with Crippen molar-refractivity contribution >= 4 is 12.1 Å². The summed E-state index contributed by atoms with van der Waals surface area (Å²) in [6.07, 6.45) is 2.22. The summed E-state index contributed by atoms with van der Waals surface area (Å²) in [5.41, 5.74) is 1.11. The van der Waals surface area contributed by atoms with Gasteiger partial charge in [-0.1, -0.05) is 36.9 Å². The van der Waals surface area contributed by atoms with E-state index in [1.165, 1.54) is 0 Å². The van der Waals surface area contributed by atoms with Crippen LogP contribution in [0.25, 0.3) is 0 Å². The highest BCUT2D eigenvalue weighted by atomic mass is 16.1. The van der Waals surface area contributed by atoms with Crippen LogP contribution in [-0.2, 0) is 16.1 Å². The van der Waals surface area contributed by atoms with Crippen molar-refractivity contribution in [2.75, 3.05) is 6.54 Å². The predicted octanol–water partition coefficient (Wildman–Crippen LogP) is 1.79. The van der Waals surface area contributed by atoms with Crippen LogP contribution in [0.1, 0.15) is 12.0 Å². The van der Waals surface area contributed by atoms with Crippen molar-refractivity contribution in [1.82, 2.24) is 4.90 Å². The van der Waals surface area contributed by atoms with Crippen molar-refractivity contribution < 1.29 is 9.59 Å². The lowest BCUT2D eigenvalue weighted by Gasteiger charge is -2.18. The van der Waals surface area contributed by atoms with Gasteiger partial charge in [0, 0.05) is 6.54 Å². The Morgan fingerprint density at radius 3 is 2.56 bits per heavy atom. The molecule has 0 unspecified atom stereocenters. The number of ketones is 1. The molecule has 1 rings (SSSR count). The van der Waals surface area contributed by atoms with E-state index in [0.29, 0.717) is 12.8 Å². The van der Waals surface area contributed by atoms with Crippen LogP contribution >= 0.6 is 0 Å².